The fourth-order valence-corrected chi connectivity index (χ4v) is 3.70. The lowest BCUT2D eigenvalue weighted by Gasteiger charge is -2.26. The number of hydrogen-bond acceptors (Lipinski definition) is 2. The van der Waals surface area contributed by atoms with Crippen molar-refractivity contribution in [3.05, 3.63) is 63.4 Å². The van der Waals surface area contributed by atoms with Gasteiger partial charge in [-0.05, 0) is 76.1 Å². The van der Waals surface area contributed by atoms with Gasteiger partial charge in [0.15, 0.2) is 0 Å². The van der Waals surface area contributed by atoms with Crippen LogP contribution >= 0.6 is 15.9 Å². The summed E-state index contributed by atoms with van der Waals surface area (Å²) in [6.45, 7) is 0. The minimum Gasteiger partial charge on any atom is -0.496 e. The van der Waals surface area contributed by atoms with Crippen LogP contribution in [0, 0.1) is 5.82 Å². The van der Waals surface area contributed by atoms with Gasteiger partial charge in [0.1, 0.15) is 11.6 Å². The molecule has 2 N–H and O–H groups in total. The molecule has 110 valence electrons. The average Bonchev–Trinajstić information content (AvgIpc) is 2.76. The molecule has 4 heteroatoms. The third-order valence-corrected chi connectivity index (χ3v) is 4.80. The summed E-state index contributed by atoms with van der Waals surface area (Å²) < 4.78 is 19.5. The fraction of sp³-hybridized carbons (Fsp3) is 0.294. The number of aryl methyl sites for hydroxylation is 1. The van der Waals surface area contributed by atoms with Crippen molar-refractivity contribution in [2.75, 3.05) is 7.11 Å². The Hall–Kier alpha value is -1.39. The van der Waals surface area contributed by atoms with Crippen LogP contribution in [0.2, 0.25) is 0 Å². The van der Waals surface area contributed by atoms with Crippen LogP contribution in [0.3, 0.4) is 0 Å². The Labute approximate surface area is 132 Å². The molecule has 0 saturated carbocycles. The molecule has 0 aromatic heterocycles. The van der Waals surface area contributed by atoms with E-state index in [9.17, 15) is 4.39 Å². The average molecular weight is 350 g/mol. The van der Waals surface area contributed by atoms with Crippen LogP contribution in [0.1, 0.15) is 23.1 Å². The lowest BCUT2D eigenvalue weighted by Crippen LogP contribution is -2.36. The van der Waals surface area contributed by atoms with Gasteiger partial charge in [-0.15, -0.1) is 0 Å². The van der Waals surface area contributed by atoms with Gasteiger partial charge < -0.3 is 10.5 Å². The quantitative estimate of drug-likeness (QED) is 0.910. The van der Waals surface area contributed by atoms with E-state index in [4.69, 9.17) is 10.5 Å². The Morgan fingerprint density at radius 2 is 2.10 bits per heavy atom. The highest BCUT2D eigenvalue weighted by atomic mass is 79.9. The van der Waals surface area contributed by atoms with Crippen molar-refractivity contribution in [3.63, 3.8) is 0 Å². The SMILES string of the molecule is COc1ccc(CC2(N)CCc3cc(F)ccc32)cc1Br. The summed E-state index contributed by atoms with van der Waals surface area (Å²) in [6.07, 6.45) is 2.41. The molecule has 0 radical (unpaired) electrons. The molecule has 1 unspecified atom stereocenters. The summed E-state index contributed by atoms with van der Waals surface area (Å²) >= 11 is 3.50. The number of halogens is 2. The van der Waals surface area contributed by atoms with E-state index in [-0.39, 0.29) is 5.82 Å². The molecule has 0 amide bonds. The van der Waals surface area contributed by atoms with Gasteiger partial charge in [0, 0.05) is 5.54 Å². The lowest BCUT2D eigenvalue weighted by molar-refractivity contribution is 0.410. The molecule has 1 atom stereocenters. The Kier molecular flexibility index (Phi) is 3.76. The van der Waals surface area contributed by atoms with Crippen LogP contribution in [-0.4, -0.2) is 7.11 Å². The van der Waals surface area contributed by atoms with Gasteiger partial charge >= 0.3 is 0 Å². The molecule has 0 heterocycles. The van der Waals surface area contributed by atoms with E-state index in [0.29, 0.717) is 0 Å². The van der Waals surface area contributed by atoms with Crippen molar-refractivity contribution in [2.45, 2.75) is 24.8 Å². The van der Waals surface area contributed by atoms with E-state index in [1.54, 1.807) is 13.2 Å². The Bertz CT molecular complexity index is 688. The molecule has 1 aliphatic carbocycles. The minimum atomic E-state index is -0.420. The van der Waals surface area contributed by atoms with Gasteiger partial charge in [0.2, 0.25) is 0 Å². The highest BCUT2D eigenvalue weighted by Crippen LogP contribution is 2.38. The van der Waals surface area contributed by atoms with E-state index >= 15 is 0 Å². The lowest BCUT2D eigenvalue weighted by atomic mass is 9.86. The smallest absolute Gasteiger partial charge is 0.133 e. The molecule has 0 spiro atoms. The summed E-state index contributed by atoms with van der Waals surface area (Å²) in [5, 5.41) is 0. The van der Waals surface area contributed by atoms with Crippen molar-refractivity contribution >= 4 is 15.9 Å². The van der Waals surface area contributed by atoms with Gasteiger partial charge in [-0.2, -0.15) is 0 Å². The molecule has 0 aliphatic heterocycles. The first-order valence-corrected chi connectivity index (χ1v) is 7.71. The van der Waals surface area contributed by atoms with Crippen molar-refractivity contribution in [3.8, 4) is 5.75 Å². The predicted molar refractivity (Wildman–Crippen MR) is 85.0 cm³/mol. The third-order valence-electron chi connectivity index (χ3n) is 4.18. The van der Waals surface area contributed by atoms with E-state index in [2.05, 4.69) is 15.9 Å². The Balaban J connectivity index is 1.90. The molecule has 1 aliphatic rings. The van der Waals surface area contributed by atoms with Crippen molar-refractivity contribution in [1.82, 2.24) is 0 Å². The summed E-state index contributed by atoms with van der Waals surface area (Å²) in [5.74, 6) is 0.615. The van der Waals surface area contributed by atoms with Crippen LogP contribution in [-0.2, 0) is 18.4 Å². The van der Waals surface area contributed by atoms with E-state index in [1.807, 2.05) is 24.3 Å². The Morgan fingerprint density at radius 1 is 1.29 bits per heavy atom. The number of methoxy groups -OCH3 is 1. The molecule has 21 heavy (non-hydrogen) atoms. The molecule has 0 saturated heterocycles. The van der Waals surface area contributed by atoms with Gasteiger partial charge in [-0.1, -0.05) is 12.1 Å². The van der Waals surface area contributed by atoms with E-state index in [0.717, 1.165) is 46.2 Å². The zero-order valence-corrected chi connectivity index (χ0v) is 13.4. The van der Waals surface area contributed by atoms with Gasteiger partial charge in [0.05, 0.1) is 11.6 Å². The minimum absolute atomic E-state index is 0.190. The molecule has 0 fully saturated rings. The van der Waals surface area contributed by atoms with Gasteiger partial charge in [-0.25, -0.2) is 4.39 Å². The van der Waals surface area contributed by atoms with Gasteiger partial charge in [0.25, 0.3) is 0 Å². The number of fused-ring (bicyclic) bond motifs is 1. The predicted octanol–water partition coefficient (Wildman–Crippen LogP) is 3.94. The van der Waals surface area contributed by atoms with Crippen LogP contribution in [0.15, 0.2) is 40.9 Å². The normalized spacial score (nSPS) is 20.4. The summed E-state index contributed by atoms with van der Waals surface area (Å²) in [4.78, 5) is 0. The van der Waals surface area contributed by atoms with Gasteiger partial charge in [-0.3, -0.25) is 0 Å². The number of ether oxygens (including phenoxy) is 1. The first-order valence-electron chi connectivity index (χ1n) is 6.92. The van der Waals surface area contributed by atoms with Crippen LogP contribution in [0.4, 0.5) is 4.39 Å². The van der Waals surface area contributed by atoms with Crippen LogP contribution in [0.5, 0.6) is 5.75 Å². The van der Waals surface area contributed by atoms with Crippen molar-refractivity contribution in [2.24, 2.45) is 5.73 Å². The van der Waals surface area contributed by atoms with Crippen molar-refractivity contribution < 1.29 is 9.13 Å². The first kappa shape index (κ1) is 14.5. The third kappa shape index (κ3) is 2.70. The molecule has 2 nitrogen and oxygen atoms in total. The first-order chi connectivity index (χ1) is 10.0. The highest BCUT2D eigenvalue weighted by molar-refractivity contribution is 9.10. The zero-order valence-electron chi connectivity index (χ0n) is 11.8. The highest BCUT2D eigenvalue weighted by Gasteiger charge is 2.35. The molecule has 2 aromatic rings. The zero-order chi connectivity index (χ0) is 15.0. The topological polar surface area (TPSA) is 35.2 Å². The molecule has 2 aromatic carbocycles. The maximum Gasteiger partial charge on any atom is 0.133 e. The Morgan fingerprint density at radius 3 is 2.81 bits per heavy atom. The standard InChI is InChI=1S/C17H17BrFNO/c1-21-16-5-2-11(8-15(16)18)10-17(20)7-6-12-9-13(19)3-4-14(12)17/h2-5,8-9H,6-7,10,20H2,1H3. The molecule has 3 rings (SSSR count). The van der Waals surface area contributed by atoms with Crippen LogP contribution in [0.25, 0.3) is 0 Å². The number of nitrogens with two attached hydrogens (primary N) is 1. The number of hydrogen-bond donors (Lipinski definition) is 1. The maximum atomic E-state index is 13.3. The summed E-state index contributed by atoms with van der Waals surface area (Å²) in [6, 6.07) is 10.9. The molecular weight excluding hydrogens is 333 g/mol. The summed E-state index contributed by atoms with van der Waals surface area (Å²) in [7, 11) is 1.64. The van der Waals surface area contributed by atoms with Crippen molar-refractivity contribution in [1.29, 1.82) is 0 Å². The second kappa shape index (κ2) is 5.43. The second-order valence-corrected chi connectivity index (χ2v) is 6.46. The molecule has 0 bridgehead atoms. The number of benzene rings is 2. The maximum absolute atomic E-state index is 13.3. The fourth-order valence-electron chi connectivity index (χ4n) is 3.11. The second-order valence-electron chi connectivity index (χ2n) is 5.60. The number of rotatable bonds is 3. The summed E-state index contributed by atoms with van der Waals surface area (Å²) in [5.41, 5.74) is 9.42. The van der Waals surface area contributed by atoms with E-state index in [1.165, 1.54) is 6.07 Å². The molecular formula is C17H17BrFNO. The largest absolute Gasteiger partial charge is 0.496 e. The van der Waals surface area contributed by atoms with Crippen LogP contribution < -0.4 is 10.5 Å². The monoisotopic (exact) mass is 349 g/mol. The van der Waals surface area contributed by atoms with E-state index < -0.39 is 5.54 Å².